The molecule has 2 amide bonds. The molecule has 150 valence electrons. The number of carbonyl (C=O) groups excluding carboxylic acids is 1. The minimum Gasteiger partial charge on any atom is -0.486 e. The van der Waals surface area contributed by atoms with E-state index < -0.39 is 0 Å². The summed E-state index contributed by atoms with van der Waals surface area (Å²) in [5, 5.41) is 7.04. The van der Waals surface area contributed by atoms with E-state index in [1.807, 2.05) is 55.5 Å². The number of ether oxygens (including phenoxy) is 2. The molecule has 1 N–H and O–H groups in total. The Balaban J connectivity index is 1.32. The lowest BCUT2D eigenvalue weighted by Crippen LogP contribution is -2.45. The van der Waals surface area contributed by atoms with E-state index >= 15 is 0 Å². The Labute approximate surface area is 169 Å². The Bertz CT molecular complexity index is 959. The Morgan fingerprint density at radius 1 is 1.24 bits per heavy atom. The second-order valence-electron chi connectivity index (χ2n) is 6.90. The van der Waals surface area contributed by atoms with Gasteiger partial charge in [-0.1, -0.05) is 24.3 Å². The predicted octanol–water partition coefficient (Wildman–Crippen LogP) is 2.81. The van der Waals surface area contributed by atoms with Gasteiger partial charge in [0.05, 0.1) is 18.3 Å². The zero-order chi connectivity index (χ0) is 20.2. The van der Waals surface area contributed by atoms with Crippen molar-refractivity contribution >= 4 is 6.03 Å². The van der Waals surface area contributed by atoms with Crippen LogP contribution >= 0.6 is 0 Å². The molecule has 0 saturated carbocycles. The second-order valence-corrected chi connectivity index (χ2v) is 6.90. The highest BCUT2D eigenvalue weighted by Gasteiger charge is 2.23. The zero-order valence-electron chi connectivity index (χ0n) is 16.4. The minimum atomic E-state index is -0.223. The third-order valence-corrected chi connectivity index (χ3v) is 5.01. The van der Waals surface area contributed by atoms with Gasteiger partial charge in [-0.3, -0.25) is 0 Å². The molecule has 8 nitrogen and oxygen atoms in total. The van der Waals surface area contributed by atoms with E-state index in [1.165, 1.54) is 6.33 Å². The molecule has 3 aromatic rings. The SMILES string of the molecule is C[C@H](c1ccc(-n2cncn2)cc1)N(C)C(=O)NC[C@H]1COc2ccccc2O1. The van der Waals surface area contributed by atoms with Crippen molar-refractivity contribution in [3.05, 3.63) is 66.7 Å². The van der Waals surface area contributed by atoms with Crippen LogP contribution in [-0.4, -0.2) is 52.0 Å². The maximum atomic E-state index is 12.6. The molecule has 4 rings (SSSR count). The smallest absolute Gasteiger partial charge is 0.317 e. The van der Waals surface area contributed by atoms with Crippen LogP contribution in [0.2, 0.25) is 0 Å². The van der Waals surface area contributed by atoms with E-state index in [2.05, 4.69) is 15.4 Å². The topological polar surface area (TPSA) is 81.5 Å². The maximum Gasteiger partial charge on any atom is 0.317 e. The molecule has 2 heterocycles. The number of hydrogen-bond donors (Lipinski definition) is 1. The van der Waals surface area contributed by atoms with Crippen LogP contribution in [0.1, 0.15) is 18.5 Å². The zero-order valence-corrected chi connectivity index (χ0v) is 16.4. The largest absolute Gasteiger partial charge is 0.486 e. The first-order chi connectivity index (χ1) is 14.1. The standard InChI is InChI=1S/C21H23N5O3/c1-15(16-7-9-17(10-8-16)26-14-22-13-24-26)25(2)21(27)23-11-18-12-28-19-5-3-4-6-20(19)29-18/h3-10,13-15,18H,11-12H2,1-2H3,(H,23,27)/t15-,18+/m1/s1. The van der Waals surface area contributed by atoms with Crippen molar-refractivity contribution in [2.24, 2.45) is 0 Å². The lowest BCUT2D eigenvalue weighted by molar-refractivity contribution is 0.0899. The second kappa shape index (κ2) is 8.22. The number of rotatable bonds is 5. The molecule has 0 fully saturated rings. The Hall–Kier alpha value is -3.55. The van der Waals surface area contributed by atoms with Crippen molar-refractivity contribution in [3.63, 3.8) is 0 Å². The number of fused-ring (bicyclic) bond motifs is 1. The Morgan fingerprint density at radius 2 is 2.00 bits per heavy atom. The van der Waals surface area contributed by atoms with Gasteiger partial charge >= 0.3 is 6.03 Å². The fourth-order valence-electron chi connectivity index (χ4n) is 3.14. The molecule has 0 aliphatic carbocycles. The molecule has 0 saturated heterocycles. The summed E-state index contributed by atoms with van der Waals surface area (Å²) in [6.07, 6.45) is 2.92. The average Bonchev–Trinajstić information content (AvgIpc) is 3.31. The van der Waals surface area contributed by atoms with E-state index in [9.17, 15) is 4.79 Å². The van der Waals surface area contributed by atoms with Crippen LogP contribution in [0.15, 0.2) is 61.2 Å². The highest BCUT2D eigenvalue weighted by Crippen LogP contribution is 2.30. The van der Waals surface area contributed by atoms with Gasteiger partial charge in [-0.15, -0.1) is 0 Å². The molecule has 1 aliphatic rings. The molecule has 8 heteroatoms. The van der Waals surface area contributed by atoms with Crippen molar-refractivity contribution in [2.75, 3.05) is 20.2 Å². The summed E-state index contributed by atoms with van der Waals surface area (Å²) in [5.74, 6) is 1.43. The maximum absolute atomic E-state index is 12.6. The van der Waals surface area contributed by atoms with Crippen LogP contribution in [0.25, 0.3) is 5.69 Å². The molecule has 0 bridgehead atoms. The van der Waals surface area contributed by atoms with E-state index in [-0.39, 0.29) is 18.2 Å². The molecular weight excluding hydrogens is 370 g/mol. The van der Waals surface area contributed by atoms with Crippen LogP contribution in [0.3, 0.4) is 0 Å². The normalized spacial score (nSPS) is 16.1. The summed E-state index contributed by atoms with van der Waals surface area (Å²) in [6, 6.07) is 15.2. The molecule has 0 radical (unpaired) electrons. The summed E-state index contributed by atoms with van der Waals surface area (Å²) in [5.41, 5.74) is 1.94. The van der Waals surface area contributed by atoms with Crippen LogP contribution in [-0.2, 0) is 0 Å². The fraction of sp³-hybridized carbons (Fsp3) is 0.286. The van der Waals surface area contributed by atoms with Crippen LogP contribution < -0.4 is 14.8 Å². The number of amides is 2. The first kappa shape index (κ1) is 18.8. The number of benzene rings is 2. The number of carbonyl (C=O) groups is 1. The van der Waals surface area contributed by atoms with Gasteiger partial charge in [0.25, 0.3) is 0 Å². The summed E-state index contributed by atoms with van der Waals surface area (Å²) in [4.78, 5) is 18.2. The van der Waals surface area contributed by atoms with Crippen molar-refractivity contribution in [2.45, 2.75) is 19.1 Å². The molecule has 2 aromatic carbocycles. The Kier molecular flexibility index (Phi) is 5.33. The van der Waals surface area contributed by atoms with Crippen LogP contribution in [0.4, 0.5) is 4.79 Å². The first-order valence-corrected chi connectivity index (χ1v) is 9.46. The third kappa shape index (κ3) is 4.16. The first-order valence-electron chi connectivity index (χ1n) is 9.46. The van der Waals surface area contributed by atoms with Gasteiger partial charge in [0, 0.05) is 7.05 Å². The number of hydrogen-bond acceptors (Lipinski definition) is 5. The molecule has 2 atom stereocenters. The molecule has 29 heavy (non-hydrogen) atoms. The van der Waals surface area contributed by atoms with E-state index in [4.69, 9.17) is 9.47 Å². The van der Waals surface area contributed by atoms with Crippen LogP contribution in [0, 0.1) is 0 Å². The summed E-state index contributed by atoms with van der Waals surface area (Å²) < 4.78 is 13.3. The van der Waals surface area contributed by atoms with Gasteiger partial charge in [0.2, 0.25) is 0 Å². The monoisotopic (exact) mass is 393 g/mol. The van der Waals surface area contributed by atoms with Gasteiger partial charge in [0.15, 0.2) is 17.6 Å². The molecule has 0 unspecified atom stereocenters. The van der Waals surface area contributed by atoms with E-state index in [1.54, 1.807) is 23.0 Å². The van der Waals surface area contributed by atoms with Gasteiger partial charge in [-0.05, 0) is 36.8 Å². The van der Waals surface area contributed by atoms with Crippen LogP contribution in [0.5, 0.6) is 11.5 Å². The van der Waals surface area contributed by atoms with Gasteiger partial charge in [-0.25, -0.2) is 14.5 Å². The third-order valence-electron chi connectivity index (χ3n) is 5.01. The lowest BCUT2D eigenvalue weighted by Gasteiger charge is -2.29. The summed E-state index contributed by atoms with van der Waals surface area (Å²) in [6.45, 7) is 2.76. The highest BCUT2D eigenvalue weighted by molar-refractivity contribution is 5.74. The quantitative estimate of drug-likeness (QED) is 0.721. The van der Waals surface area contributed by atoms with Crippen molar-refractivity contribution in [3.8, 4) is 17.2 Å². The van der Waals surface area contributed by atoms with E-state index in [0.29, 0.717) is 18.9 Å². The molecule has 1 aromatic heterocycles. The average molecular weight is 393 g/mol. The highest BCUT2D eigenvalue weighted by atomic mass is 16.6. The number of nitrogens with one attached hydrogen (secondary N) is 1. The van der Waals surface area contributed by atoms with Crippen molar-refractivity contribution < 1.29 is 14.3 Å². The van der Waals surface area contributed by atoms with Crippen molar-refractivity contribution in [1.29, 1.82) is 0 Å². The Morgan fingerprint density at radius 3 is 2.72 bits per heavy atom. The van der Waals surface area contributed by atoms with E-state index in [0.717, 1.165) is 17.0 Å². The number of aromatic nitrogens is 3. The predicted molar refractivity (Wildman–Crippen MR) is 107 cm³/mol. The summed E-state index contributed by atoms with van der Waals surface area (Å²) >= 11 is 0. The summed E-state index contributed by atoms with van der Waals surface area (Å²) in [7, 11) is 1.78. The van der Waals surface area contributed by atoms with Gasteiger partial charge in [0.1, 0.15) is 19.3 Å². The number of nitrogens with zero attached hydrogens (tertiary/aromatic N) is 4. The number of para-hydroxylation sites is 2. The molecule has 1 aliphatic heterocycles. The fourth-order valence-corrected chi connectivity index (χ4v) is 3.14. The molecule has 0 spiro atoms. The lowest BCUT2D eigenvalue weighted by atomic mass is 10.1. The molecular formula is C21H23N5O3. The van der Waals surface area contributed by atoms with Gasteiger partial charge in [-0.2, -0.15) is 5.10 Å². The number of urea groups is 1. The van der Waals surface area contributed by atoms with Crippen molar-refractivity contribution in [1.82, 2.24) is 25.0 Å². The minimum absolute atomic E-state index is 0.0935. The van der Waals surface area contributed by atoms with Gasteiger partial charge < -0.3 is 19.7 Å².